The summed E-state index contributed by atoms with van der Waals surface area (Å²) in [7, 11) is 1.71. The number of amides is 1. The highest BCUT2D eigenvalue weighted by atomic mass is 16.5. The first-order chi connectivity index (χ1) is 7.13. The van der Waals surface area contributed by atoms with Crippen molar-refractivity contribution in [3.8, 4) is 0 Å². The maximum atomic E-state index is 11.5. The van der Waals surface area contributed by atoms with Crippen molar-refractivity contribution in [2.24, 2.45) is 11.1 Å². The molecule has 0 unspecified atom stereocenters. The fourth-order valence-electron chi connectivity index (χ4n) is 1.60. The summed E-state index contributed by atoms with van der Waals surface area (Å²) in [6, 6.07) is -0.358. The zero-order valence-electron chi connectivity index (χ0n) is 9.71. The van der Waals surface area contributed by atoms with Gasteiger partial charge in [0, 0.05) is 20.3 Å². The van der Waals surface area contributed by atoms with Gasteiger partial charge in [0.1, 0.15) is 0 Å². The number of nitrogens with one attached hydrogen (secondary N) is 1. The Morgan fingerprint density at radius 2 is 2.27 bits per heavy atom. The lowest BCUT2D eigenvalue weighted by atomic mass is 10.0. The molecule has 1 saturated carbocycles. The number of carbonyl (C=O) groups is 1. The molecule has 0 aromatic rings. The van der Waals surface area contributed by atoms with Gasteiger partial charge in [-0.1, -0.05) is 6.92 Å². The summed E-state index contributed by atoms with van der Waals surface area (Å²) in [5.41, 5.74) is 5.93. The van der Waals surface area contributed by atoms with Gasteiger partial charge in [-0.25, -0.2) is 0 Å². The van der Waals surface area contributed by atoms with Crippen LogP contribution in [0.5, 0.6) is 0 Å². The summed E-state index contributed by atoms with van der Waals surface area (Å²) in [5.74, 6) is -0.0267. The molecule has 15 heavy (non-hydrogen) atoms. The van der Waals surface area contributed by atoms with Gasteiger partial charge in [0.05, 0.1) is 6.04 Å². The summed E-state index contributed by atoms with van der Waals surface area (Å²) < 4.78 is 5.06. The van der Waals surface area contributed by atoms with Crippen molar-refractivity contribution in [3.05, 3.63) is 0 Å². The lowest BCUT2D eigenvalue weighted by Gasteiger charge is -2.17. The third kappa shape index (κ3) is 3.80. The normalized spacial score (nSPS) is 19.7. The van der Waals surface area contributed by atoms with E-state index in [9.17, 15) is 4.79 Å². The molecular weight excluding hydrogens is 192 g/mol. The molecule has 0 radical (unpaired) electrons. The minimum Gasteiger partial charge on any atom is -0.385 e. The Bertz CT molecular complexity index is 215. The van der Waals surface area contributed by atoms with E-state index in [4.69, 9.17) is 10.5 Å². The van der Waals surface area contributed by atoms with Crippen molar-refractivity contribution in [3.63, 3.8) is 0 Å². The topological polar surface area (TPSA) is 64.4 Å². The van der Waals surface area contributed by atoms with Crippen molar-refractivity contribution in [1.29, 1.82) is 0 Å². The second kappa shape index (κ2) is 5.47. The number of rotatable bonds is 7. The molecule has 88 valence electrons. The molecule has 0 aromatic carbocycles. The zero-order chi connectivity index (χ0) is 11.3. The number of ether oxygens (including phenoxy) is 1. The molecular formula is C11H22N2O2. The Morgan fingerprint density at radius 1 is 1.60 bits per heavy atom. The predicted octanol–water partition coefficient (Wildman–Crippen LogP) is 0.657. The van der Waals surface area contributed by atoms with E-state index in [-0.39, 0.29) is 11.9 Å². The molecule has 1 rings (SSSR count). The Labute approximate surface area is 91.5 Å². The van der Waals surface area contributed by atoms with Crippen molar-refractivity contribution in [2.75, 3.05) is 20.3 Å². The van der Waals surface area contributed by atoms with Gasteiger partial charge in [0.15, 0.2) is 0 Å². The molecule has 0 bridgehead atoms. The number of nitrogens with two attached hydrogens (primary N) is 1. The van der Waals surface area contributed by atoms with Crippen LogP contribution in [0.2, 0.25) is 0 Å². The first-order valence-electron chi connectivity index (χ1n) is 5.66. The van der Waals surface area contributed by atoms with Crippen LogP contribution in [0.25, 0.3) is 0 Å². The molecule has 0 heterocycles. The van der Waals surface area contributed by atoms with Crippen LogP contribution in [-0.4, -0.2) is 32.2 Å². The lowest BCUT2D eigenvalue weighted by Crippen LogP contribution is -2.42. The summed E-state index contributed by atoms with van der Waals surface area (Å²) in [4.78, 5) is 11.5. The van der Waals surface area contributed by atoms with E-state index in [0.717, 1.165) is 19.6 Å². The molecule has 1 aliphatic carbocycles. The first-order valence-corrected chi connectivity index (χ1v) is 5.66. The van der Waals surface area contributed by atoms with Crippen LogP contribution < -0.4 is 11.1 Å². The third-order valence-electron chi connectivity index (χ3n) is 3.21. The Balaban J connectivity index is 2.21. The average molecular weight is 214 g/mol. The van der Waals surface area contributed by atoms with Gasteiger partial charge >= 0.3 is 0 Å². The van der Waals surface area contributed by atoms with E-state index in [2.05, 4.69) is 5.32 Å². The SMILES string of the molecule is CC[C@@H](N)C(=O)NCC1(CCOC)CC1. The van der Waals surface area contributed by atoms with Gasteiger partial charge in [0.25, 0.3) is 0 Å². The minimum atomic E-state index is -0.358. The first kappa shape index (κ1) is 12.5. The molecule has 4 heteroatoms. The highest BCUT2D eigenvalue weighted by molar-refractivity contribution is 5.81. The van der Waals surface area contributed by atoms with E-state index in [1.807, 2.05) is 6.92 Å². The van der Waals surface area contributed by atoms with Gasteiger partial charge in [-0.15, -0.1) is 0 Å². The van der Waals surface area contributed by atoms with Gasteiger partial charge in [-0.2, -0.15) is 0 Å². The Morgan fingerprint density at radius 3 is 2.73 bits per heavy atom. The largest absolute Gasteiger partial charge is 0.385 e. The highest BCUT2D eigenvalue weighted by Gasteiger charge is 2.42. The van der Waals surface area contributed by atoms with Crippen molar-refractivity contribution in [1.82, 2.24) is 5.32 Å². The molecule has 0 saturated heterocycles. The van der Waals surface area contributed by atoms with Crippen molar-refractivity contribution in [2.45, 2.75) is 38.6 Å². The standard InChI is InChI=1S/C11H22N2O2/c1-3-9(12)10(14)13-8-11(4-5-11)6-7-15-2/h9H,3-8,12H2,1-2H3,(H,13,14)/t9-/m1/s1. The van der Waals surface area contributed by atoms with E-state index in [1.54, 1.807) is 7.11 Å². The summed E-state index contributed by atoms with van der Waals surface area (Å²) in [6.07, 6.45) is 4.11. The highest BCUT2D eigenvalue weighted by Crippen LogP contribution is 2.48. The van der Waals surface area contributed by atoms with E-state index in [1.165, 1.54) is 12.8 Å². The van der Waals surface area contributed by atoms with Gasteiger partial charge in [-0.3, -0.25) is 4.79 Å². The fraction of sp³-hybridized carbons (Fsp3) is 0.909. The van der Waals surface area contributed by atoms with Crippen LogP contribution in [0.4, 0.5) is 0 Å². The van der Waals surface area contributed by atoms with E-state index in [0.29, 0.717) is 11.8 Å². The van der Waals surface area contributed by atoms with Crippen LogP contribution >= 0.6 is 0 Å². The molecule has 4 nitrogen and oxygen atoms in total. The summed E-state index contributed by atoms with van der Waals surface area (Å²) >= 11 is 0. The number of hydrogen-bond donors (Lipinski definition) is 2. The number of methoxy groups -OCH3 is 1. The molecule has 1 atom stereocenters. The number of carbonyl (C=O) groups excluding carboxylic acids is 1. The average Bonchev–Trinajstić information content (AvgIpc) is 3.03. The van der Waals surface area contributed by atoms with Crippen LogP contribution in [-0.2, 0) is 9.53 Å². The third-order valence-corrected chi connectivity index (χ3v) is 3.21. The molecule has 0 aliphatic heterocycles. The molecule has 1 aliphatic rings. The minimum absolute atomic E-state index is 0.0267. The van der Waals surface area contributed by atoms with Gasteiger partial charge < -0.3 is 15.8 Å². The monoisotopic (exact) mass is 214 g/mol. The predicted molar refractivity (Wildman–Crippen MR) is 59.4 cm³/mol. The molecule has 3 N–H and O–H groups in total. The van der Waals surface area contributed by atoms with E-state index >= 15 is 0 Å². The number of hydrogen-bond acceptors (Lipinski definition) is 3. The second-order valence-corrected chi connectivity index (χ2v) is 4.48. The second-order valence-electron chi connectivity index (χ2n) is 4.48. The maximum Gasteiger partial charge on any atom is 0.236 e. The molecule has 0 aromatic heterocycles. The Kier molecular flexibility index (Phi) is 4.54. The van der Waals surface area contributed by atoms with Crippen LogP contribution in [0.15, 0.2) is 0 Å². The zero-order valence-corrected chi connectivity index (χ0v) is 9.71. The van der Waals surface area contributed by atoms with Gasteiger partial charge in [-0.05, 0) is 31.1 Å². The van der Waals surface area contributed by atoms with E-state index < -0.39 is 0 Å². The van der Waals surface area contributed by atoms with Crippen molar-refractivity contribution >= 4 is 5.91 Å². The molecule has 0 spiro atoms. The van der Waals surface area contributed by atoms with Crippen LogP contribution in [0.1, 0.15) is 32.6 Å². The van der Waals surface area contributed by atoms with Crippen LogP contribution in [0, 0.1) is 5.41 Å². The van der Waals surface area contributed by atoms with Crippen molar-refractivity contribution < 1.29 is 9.53 Å². The quantitative estimate of drug-likeness (QED) is 0.654. The van der Waals surface area contributed by atoms with Gasteiger partial charge in [0.2, 0.25) is 5.91 Å². The Hall–Kier alpha value is -0.610. The summed E-state index contributed by atoms with van der Waals surface area (Å²) in [5, 5.41) is 2.93. The molecule has 1 fully saturated rings. The molecule has 1 amide bonds. The maximum absolute atomic E-state index is 11.5. The van der Waals surface area contributed by atoms with Crippen LogP contribution in [0.3, 0.4) is 0 Å². The fourth-order valence-corrected chi connectivity index (χ4v) is 1.60. The lowest BCUT2D eigenvalue weighted by molar-refractivity contribution is -0.122. The summed E-state index contributed by atoms with van der Waals surface area (Å²) in [6.45, 7) is 3.45. The smallest absolute Gasteiger partial charge is 0.236 e.